The number of rotatable bonds is 4. The Morgan fingerprint density at radius 3 is 2.68 bits per heavy atom. The lowest BCUT2D eigenvalue weighted by molar-refractivity contribution is 0.173. The molecule has 22 heavy (non-hydrogen) atoms. The zero-order valence-corrected chi connectivity index (χ0v) is 13.3. The summed E-state index contributed by atoms with van der Waals surface area (Å²) >= 11 is 0. The van der Waals surface area contributed by atoms with Gasteiger partial charge in [0.1, 0.15) is 5.75 Å². The Hall–Kier alpha value is -1.88. The lowest BCUT2D eigenvalue weighted by Crippen LogP contribution is -2.28. The monoisotopic (exact) mass is 301 g/mol. The van der Waals surface area contributed by atoms with Crippen LogP contribution in [0.1, 0.15) is 49.1 Å². The van der Waals surface area contributed by atoms with Crippen LogP contribution in [0.2, 0.25) is 0 Å². The minimum absolute atomic E-state index is 0.403. The highest BCUT2D eigenvalue weighted by Crippen LogP contribution is 2.32. The molecule has 3 rings (SSSR count). The predicted molar refractivity (Wildman–Crippen MR) is 83.6 cm³/mol. The molecule has 2 heterocycles. The van der Waals surface area contributed by atoms with Crippen LogP contribution >= 0.6 is 0 Å². The molecule has 0 radical (unpaired) electrons. The predicted octanol–water partition coefficient (Wildman–Crippen LogP) is 3.50. The van der Waals surface area contributed by atoms with Crippen molar-refractivity contribution < 1.29 is 9.15 Å². The lowest BCUT2D eigenvalue weighted by Gasteiger charge is -2.29. The molecule has 0 saturated carbocycles. The summed E-state index contributed by atoms with van der Waals surface area (Å²) in [5.74, 6) is 2.24. The van der Waals surface area contributed by atoms with Gasteiger partial charge < -0.3 is 9.15 Å². The minimum atomic E-state index is 0.403. The van der Waals surface area contributed by atoms with Gasteiger partial charge in [0.25, 0.3) is 0 Å². The maximum absolute atomic E-state index is 5.56. The van der Waals surface area contributed by atoms with Crippen molar-refractivity contribution >= 4 is 0 Å². The fourth-order valence-electron chi connectivity index (χ4n) is 3.14. The van der Waals surface area contributed by atoms with E-state index in [4.69, 9.17) is 9.15 Å². The summed E-state index contributed by atoms with van der Waals surface area (Å²) in [6.07, 6.45) is 4.93. The number of aryl methyl sites for hydroxylation is 1. The Morgan fingerprint density at radius 2 is 2.00 bits per heavy atom. The van der Waals surface area contributed by atoms with Crippen LogP contribution in [0, 0.1) is 6.92 Å². The van der Waals surface area contributed by atoms with Gasteiger partial charge in [0, 0.05) is 13.0 Å². The lowest BCUT2D eigenvalue weighted by atomic mass is 10.0. The first-order valence-electron chi connectivity index (χ1n) is 7.93. The number of ether oxygens (including phenoxy) is 1. The highest BCUT2D eigenvalue weighted by atomic mass is 16.5. The zero-order valence-electron chi connectivity index (χ0n) is 13.3. The van der Waals surface area contributed by atoms with Crippen LogP contribution in [0.5, 0.6) is 5.75 Å². The van der Waals surface area contributed by atoms with Crippen LogP contribution in [0.15, 0.2) is 28.7 Å². The van der Waals surface area contributed by atoms with Gasteiger partial charge in [-0.3, -0.25) is 4.90 Å². The van der Waals surface area contributed by atoms with Crippen molar-refractivity contribution in [3.05, 3.63) is 41.6 Å². The van der Waals surface area contributed by atoms with Gasteiger partial charge in [0.15, 0.2) is 0 Å². The van der Waals surface area contributed by atoms with E-state index in [0.29, 0.717) is 17.8 Å². The second kappa shape index (κ2) is 6.92. The molecule has 0 bridgehead atoms. The Bertz CT molecular complexity index is 594. The van der Waals surface area contributed by atoms with Crippen LogP contribution in [-0.4, -0.2) is 28.8 Å². The summed E-state index contributed by atoms with van der Waals surface area (Å²) < 4.78 is 10.8. The Kier molecular flexibility index (Phi) is 4.73. The molecule has 1 aliphatic rings. The van der Waals surface area contributed by atoms with E-state index in [1.165, 1.54) is 31.2 Å². The Balaban J connectivity index is 1.80. The number of aromatic nitrogens is 2. The number of hydrogen-bond acceptors (Lipinski definition) is 5. The van der Waals surface area contributed by atoms with E-state index in [2.05, 4.69) is 27.2 Å². The van der Waals surface area contributed by atoms with Gasteiger partial charge in [-0.2, -0.15) is 0 Å². The van der Waals surface area contributed by atoms with Gasteiger partial charge in [-0.05, 0) is 37.1 Å². The number of nitrogens with zero attached hydrogens (tertiary/aromatic N) is 3. The van der Waals surface area contributed by atoms with E-state index in [0.717, 1.165) is 18.8 Å². The van der Waals surface area contributed by atoms with Crippen molar-refractivity contribution in [1.82, 2.24) is 15.1 Å². The summed E-state index contributed by atoms with van der Waals surface area (Å²) in [7, 11) is 1.70. The standard InChI is InChI=1S/C17H23N3O2/c1-13-18-19-17(22-13)12-20-11-5-3-4-6-16(20)14-7-9-15(21-2)10-8-14/h7-10,16H,3-6,11-12H2,1-2H3/t16-/m1/s1. The zero-order chi connectivity index (χ0) is 15.4. The Morgan fingerprint density at radius 1 is 1.18 bits per heavy atom. The molecule has 1 aromatic heterocycles. The van der Waals surface area contributed by atoms with Crippen LogP contribution in [0.4, 0.5) is 0 Å². The molecule has 5 nitrogen and oxygen atoms in total. The first-order chi connectivity index (χ1) is 10.8. The topological polar surface area (TPSA) is 51.4 Å². The molecule has 0 unspecified atom stereocenters. The van der Waals surface area contributed by atoms with E-state index in [1.807, 2.05) is 19.1 Å². The third-order valence-electron chi connectivity index (χ3n) is 4.27. The average Bonchev–Trinajstić information content (AvgIpc) is 2.81. The summed E-state index contributed by atoms with van der Waals surface area (Å²) in [6.45, 7) is 3.62. The second-order valence-corrected chi connectivity index (χ2v) is 5.82. The second-order valence-electron chi connectivity index (χ2n) is 5.82. The maximum atomic E-state index is 5.56. The summed E-state index contributed by atoms with van der Waals surface area (Å²) in [5, 5.41) is 8.08. The third-order valence-corrected chi connectivity index (χ3v) is 4.27. The van der Waals surface area contributed by atoms with Crippen LogP contribution < -0.4 is 4.74 Å². The number of hydrogen-bond donors (Lipinski definition) is 0. The van der Waals surface area contributed by atoms with Gasteiger partial charge in [0.2, 0.25) is 11.8 Å². The molecule has 118 valence electrons. The third kappa shape index (κ3) is 3.47. The van der Waals surface area contributed by atoms with Crippen molar-refractivity contribution in [2.75, 3.05) is 13.7 Å². The molecular weight excluding hydrogens is 278 g/mol. The number of benzene rings is 1. The molecule has 1 aliphatic heterocycles. The highest BCUT2D eigenvalue weighted by Gasteiger charge is 2.24. The molecule has 0 N–H and O–H groups in total. The quantitative estimate of drug-likeness (QED) is 0.865. The highest BCUT2D eigenvalue weighted by molar-refractivity contribution is 5.29. The maximum Gasteiger partial charge on any atom is 0.230 e. The summed E-state index contributed by atoms with van der Waals surface area (Å²) in [4.78, 5) is 2.46. The molecular formula is C17H23N3O2. The van der Waals surface area contributed by atoms with E-state index >= 15 is 0 Å². The van der Waals surface area contributed by atoms with E-state index in [1.54, 1.807) is 7.11 Å². The van der Waals surface area contributed by atoms with Crippen LogP contribution in [-0.2, 0) is 6.54 Å². The smallest absolute Gasteiger partial charge is 0.230 e. The molecule has 1 aromatic carbocycles. The molecule has 0 aliphatic carbocycles. The average molecular weight is 301 g/mol. The minimum Gasteiger partial charge on any atom is -0.497 e. The van der Waals surface area contributed by atoms with Crippen molar-refractivity contribution in [2.24, 2.45) is 0 Å². The van der Waals surface area contributed by atoms with Crippen molar-refractivity contribution in [3.8, 4) is 5.75 Å². The van der Waals surface area contributed by atoms with Crippen LogP contribution in [0.3, 0.4) is 0 Å². The van der Waals surface area contributed by atoms with Gasteiger partial charge >= 0.3 is 0 Å². The first-order valence-corrected chi connectivity index (χ1v) is 7.93. The van der Waals surface area contributed by atoms with Crippen molar-refractivity contribution in [2.45, 2.75) is 45.2 Å². The number of methoxy groups -OCH3 is 1. The van der Waals surface area contributed by atoms with E-state index < -0.39 is 0 Å². The van der Waals surface area contributed by atoms with Gasteiger partial charge in [-0.15, -0.1) is 10.2 Å². The molecule has 0 amide bonds. The van der Waals surface area contributed by atoms with E-state index in [-0.39, 0.29) is 0 Å². The molecule has 5 heteroatoms. The molecule has 1 atom stereocenters. The SMILES string of the molecule is COc1ccc([C@H]2CCCCCN2Cc2nnc(C)o2)cc1. The van der Waals surface area contributed by atoms with Crippen molar-refractivity contribution in [3.63, 3.8) is 0 Å². The molecule has 2 aromatic rings. The fourth-order valence-corrected chi connectivity index (χ4v) is 3.14. The van der Waals surface area contributed by atoms with Gasteiger partial charge in [0.05, 0.1) is 13.7 Å². The Labute approximate surface area is 131 Å². The van der Waals surface area contributed by atoms with Gasteiger partial charge in [-0.25, -0.2) is 0 Å². The number of likely N-dealkylation sites (tertiary alicyclic amines) is 1. The summed E-state index contributed by atoms with van der Waals surface area (Å²) in [5.41, 5.74) is 1.33. The van der Waals surface area contributed by atoms with Crippen LogP contribution in [0.25, 0.3) is 0 Å². The largest absolute Gasteiger partial charge is 0.497 e. The summed E-state index contributed by atoms with van der Waals surface area (Å²) in [6, 6.07) is 8.81. The van der Waals surface area contributed by atoms with E-state index in [9.17, 15) is 0 Å². The molecule has 1 fully saturated rings. The molecule has 1 saturated heterocycles. The normalized spacial score (nSPS) is 19.8. The fraction of sp³-hybridized carbons (Fsp3) is 0.529. The first kappa shape index (κ1) is 15.0. The van der Waals surface area contributed by atoms with Gasteiger partial charge in [-0.1, -0.05) is 25.0 Å². The van der Waals surface area contributed by atoms with Crippen molar-refractivity contribution in [1.29, 1.82) is 0 Å². The molecule has 0 spiro atoms.